The summed E-state index contributed by atoms with van der Waals surface area (Å²) in [4.78, 5) is 33.5. The van der Waals surface area contributed by atoms with Crippen LogP contribution in [0.15, 0.2) is 41.3 Å². The molecule has 3 aliphatic rings. The van der Waals surface area contributed by atoms with Gasteiger partial charge in [0.15, 0.2) is 0 Å². The standard InChI is InChI=1S/C23H31N7O2.ClH/c24-19-5-8-28(9-6-19)13-16-1-3-20(4-2-16)30-10-7-21(27-23(30)32)26-22(31)29-14-17-11-25-12-18(17)15-29;/h1-4,7,10,17-19,25H,5-6,8-9,11-15,24H2,(H,26,27,31,32);1H. The second-order valence-electron chi connectivity index (χ2n) is 9.26. The number of hydrogen-bond acceptors (Lipinski definition) is 6. The minimum absolute atomic E-state index is 0. The van der Waals surface area contributed by atoms with Crippen molar-refractivity contribution in [3.05, 3.63) is 52.6 Å². The molecule has 0 aliphatic carbocycles. The molecule has 5 rings (SSSR count). The van der Waals surface area contributed by atoms with E-state index < -0.39 is 5.69 Å². The lowest BCUT2D eigenvalue weighted by atomic mass is 10.0. The number of anilines is 1. The molecule has 3 aliphatic heterocycles. The van der Waals surface area contributed by atoms with E-state index >= 15 is 0 Å². The number of nitrogens with zero attached hydrogens (tertiary/aromatic N) is 4. The van der Waals surface area contributed by atoms with Crippen LogP contribution in [0, 0.1) is 11.8 Å². The quantitative estimate of drug-likeness (QED) is 0.617. The number of hydrogen-bond donors (Lipinski definition) is 3. The van der Waals surface area contributed by atoms with Gasteiger partial charge in [0, 0.05) is 45.0 Å². The Balaban J connectivity index is 0.00000259. The van der Waals surface area contributed by atoms with Crippen LogP contribution in [-0.2, 0) is 6.54 Å². The van der Waals surface area contributed by atoms with Crippen LogP contribution in [0.1, 0.15) is 18.4 Å². The van der Waals surface area contributed by atoms with Crippen LogP contribution in [0.3, 0.4) is 0 Å². The van der Waals surface area contributed by atoms with Gasteiger partial charge >= 0.3 is 11.7 Å². The Morgan fingerprint density at radius 2 is 1.76 bits per heavy atom. The van der Waals surface area contributed by atoms with Gasteiger partial charge in [-0.1, -0.05) is 12.1 Å². The number of aromatic nitrogens is 2. The van der Waals surface area contributed by atoms with Gasteiger partial charge in [-0.2, -0.15) is 4.98 Å². The van der Waals surface area contributed by atoms with Crippen LogP contribution >= 0.6 is 12.4 Å². The maximum atomic E-state index is 12.6. The van der Waals surface area contributed by atoms with E-state index in [4.69, 9.17) is 5.73 Å². The molecule has 2 unspecified atom stereocenters. The molecule has 0 spiro atoms. The number of halogens is 1. The summed E-state index contributed by atoms with van der Waals surface area (Å²) >= 11 is 0. The lowest BCUT2D eigenvalue weighted by Crippen LogP contribution is -2.39. The highest BCUT2D eigenvalue weighted by molar-refractivity contribution is 5.88. The summed E-state index contributed by atoms with van der Waals surface area (Å²) in [5.74, 6) is 1.33. The molecule has 1 aromatic heterocycles. The predicted octanol–water partition coefficient (Wildman–Crippen LogP) is 1.26. The van der Waals surface area contributed by atoms with Crippen molar-refractivity contribution in [1.82, 2.24) is 24.7 Å². The number of fused-ring (bicyclic) bond motifs is 1. The highest BCUT2D eigenvalue weighted by Gasteiger charge is 2.38. The van der Waals surface area contributed by atoms with Gasteiger partial charge in [-0.3, -0.25) is 14.8 Å². The van der Waals surface area contributed by atoms with Crippen LogP contribution < -0.4 is 22.1 Å². The Morgan fingerprint density at radius 3 is 2.39 bits per heavy atom. The van der Waals surface area contributed by atoms with Crippen LogP contribution in [0.5, 0.6) is 0 Å². The largest absolute Gasteiger partial charge is 0.354 e. The van der Waals surface area contributed by atoms with Gasteiger partial charge in [-0.05, 0) is 61.5 Å². The highest BCUT2D eigenvalue weighted by Crippen LogP contribution is 2.26. The summed E-state index contributed by atoms with van der Waals surface area (Å²) in [6.45, 7) is 6.36. The first-order chi connectivity index (χ1) is 15.5. The summed E-state index contributed by atoms with van der Waals surface area (Å²) < 4.78 is 1.49. The third kappa shape index (κ3) is 5.38. The normalized spacial score (nSPS) is 23.2. The monoisotopic (exact) mass is 473 g/mol. The number of likely N-dealkylation sites (tertiary alicyclic amines) is 2. The fraction of sp³-hybridized carbons (Fsp3) is 0.522. The molecule has 10 heteroatoms. The zero-order valence-corrected chi connectivity index (χ0v) is 19.5. The molecule has 3 saturated heterocycles. The minimum atomic E-state index is -0.414. The zero-order valence-electron chi connectivity index (χ0n) is 18.7. The SMILES string of the molecule is Cl.NC1CCN(Cc2ccc(-n3ccc(NC(=O)N4CC5CNCC5C4)nc3=O)cc2)CC1. The van der Waals surface area contributed by atoms with Crippen LogP contribution in [-0.4, -0.2) is 70.7 Å². The molecule has 2 aromatic rings. The van der Waals surface area contributed by atoms with Crippen molar-refractivity contribution in [2.24, 2.45) is 17.6 Å². The molecule has 178 valence electrons. The molecule has 9 nitrogen and oxygen atoms in total. The average Bonchev–Trinajstić information content (AvgIpc) is 3.39. The topological polar surface area (TPSA) is 109 Å². The molecule has 3 fully saturated rings. The number of carbonyl (C=O) groups is 1. The molecule has 4 heterocycles. The number of nitrogens with two attached hydrogens (primary N) is 1. The molecule has 33 heavy (non-hydrogen) atoms. The lowest BCUT2D eigenvalue weighted by molar-refractivity contribution is 0.205. The van der Waals surface area contributed by atoms with E-state index in [1.807, 2.05) is 29.2 Å². The van der Waals surface area contributed by atoms with E-state index in [-0.39, 0.29) is 24.3 Å². The first-order valence-corrected chi connectivity index (χ1v) is 11.5. The maximum Gasteiger partial charge on any atom is 0.354 e. The fourth-order valence-corrected chi connectivity index (χ4v) is 5.01. The number of amides is 2. The summed E-state index contributed by atoms with van der Waals surface area (Å²) in [7, 11) is 0. The Morgan fingerprint density at radius 1 is 1.09 bits per heavy atom. The Kier molecular flexibility index (Phi) is 7.33. The summed E-state index contributed by atoms with van der Waals surface area (Å²) in [6.07, 6.45) is 3.74. The number of nitrogens with one attached hydrogen (secondary N) is 2. The predicted molar refractivity (Wildman–Crippen MR) is 130 cm³/mol. The van der Waals surface area contributed by atoms with Crippen molar-refractivity contribution in [2.45, 2.75) is 25.4 Å². The molecular weight excluding hydrogens is 442 g/mol. The van der Waals surface area contributed by atoms with E-state index in [0.717, 1.165) is 64.3 Å². The zero-order chi connectivity index (χ0) is 22.1. The van der Waals surface area contributed by atoms with Crippen molar-refractivity contribution in [2.75, 3.05) is 44.6 Å². The Labute approximate surface area is 199 Å². The summed E-state index contributed by atoms with van der Waals surface area (Å²) in [6, 6.07) is 9.77. The number of urea groups is 1. The molecule has 4 N–H and O–H groups in total. The number of rotatable bonds is 4. The van der Waals surface area contributed by atoms with Gasteiger partial charge in [-0.25, -0.2) is 9.59 Å². The molecule has 0 radical (unpaired) electrons. The van der Waals surface area contributed by atoms with Crippen molar-refractivity contribution >= 4 is 24.3 Å². The average molecular weight is 474 g/mol. The smallest absolute Gasteiger partial charge is 0.328 e. The number of carbonyl (C=O) groups excluding carboxylic acids is 1. The molecular formula is C23H32ClN7O2. The van der Waals surface area contributed by atoms with Gasteiger partial charge in [0.25, 0.3) is 0 Å². The Bertz CT molecular complexity index is 1010. The lowest BCUT2D eigenvalue weighted by Gasteiger charge is -2.30. The van der Waals surface area contributed by atoms with E-state index in [2.05, 4.69) is 20.5 Å². The van der Waals surface area contributed by atoms with Gasteiger partial charge in [0.05, 0.1) is 5.69 Å². The summed E-state index contributed by atoms with van der Waals surface area (Å²) in [5, 5.41) is 6.14. The van der Waals surface area contributed by atoms with Crippen molar-refractivity contribution in [3.8, 4) is 5.69 Å². The van der Waals surface area contributed by atoms with Crippen molar-refractivity contribution in [1.29, 1.82) is 0 Å². The van der Waals surface area contributed by atoms with Crippen LogP contribution in [0.2, 0.25) is 0 Å². The first kappa shape index (κ1) is 23.7. The maximum absolute atomic E-state index is 12.6. The van der Waals surface area contributed by atoms with Crippen LogP contribution in [0.25, 0.3) is 5.69 Å². The Hall–Kier alpha value is -2.46. The summed E-state index contributed by atoms with van der Waals surface area (Å²) in [5.41, 5.74) is 7.53. The van der Waals surface area contributed by atoms with Crippen molar-refractivity contribution in [3.63, 3.8) is 0 Å². The van der Waals surface area contributed by atoms with Crippen LogP contribution in [0.4, 0.5) is 10.6 Å². The van der Waals surface area contributed by atoms with Gasteiger partial charge in [-0.15, -0.1) is 12.4 Å². The van der Waals surface area contributed by atoms with Crippen molar-refractivity contribution < 1.29 is 4.79 Å². The molecule has 2 atom stereocenters. The van der Waals surface area contributed by atoms with Gasteiger partial charge in [0.2, 0.25) is 0 Å². The third-order valence-electron chi connectivity index (χ3n) is 6.97. The van der Waals surface area contributed by atoms with Gasteiger partial charge in [0.1, 0.15) is 5.82 Å². The molecule has 2 amide bonds. The first-order valence-electron chi connectivity index (χ1n) is 11.5. The van der Waals surface area contributed by atoms with Gasteiger partial charge < -0.3 is 16.0 Å². The highest BCUT2D eigenvalue weighted by atomic mass is 35.5. The fourth-order valence-electron chi connectivity index (χ4n) is 5.01. The van der Waals surface area contributed by atoms with E-state index in [9.17, 15) is 9.59 Å². The third-order valence-corrected chi connectivity index (χ3v) is 6.97. The molecule has 0 saturated carbocycles. The second kappa shape index (κ2) is 10.2. The van der Waals surface area contributed by atoms with E-state index in [0.29, 0.717) is 17.9 Å². The molecule has 0 bridgehead atoms. The van der Waals surface area contributed by atoms with E-state index in [1.54, 1.807) is 12.3 Å². The molecule has 1 aromatic carbocycles. The number of benzene rings is 1. The minimum Gasteiger partial charge on any atom is -0.328 e. The van der Waals surface area contributed by atoms with E-state index in [1.165, 1.54) is 10.1 Å². The second-order valence-corrected chi connectivity index (χ2v) is 9.26. The number of piperidine rings is 1.